The van der Waals surface area contributed by atoms with Crippen LogP contribution in [0.1, 0.15) is 17.5 Å². The van der Waals surface area contributed by atoms with Crippen LogP contribution in [0.15, 0.2) is 12.1 Å². The lowest BCUT2D eigenvalue weighted by atomic mass is 10.1. The van der Waals surface area contributed by atoms with Gasteiger partial charge in [0.15, 0.2) is 0 Å². The summed E-state index contributed by atoms with van der Waals surface area (Å²) in [6, 6.07) is 4.02. The summed E-state index contributed by atoms with van der Waals surface area (Å²) in [5, 5.41) is 4.02. The van der Waals surface area contributed by atoms with E-state index < -0.39 is 0 Å². The molecule has 2 nitrogen and oxygen atoms in total. The van der Waals surface area contributed by atoms with E-state index in [2.05, 4.69) is 18.3 Å². The number of ether oxygens (including phenoxy) is 1. The topological polar surface area (TPSA) is 21.3 Å². The highest BCUT2D eigenvalue weighted by Crippen LogP contribution is 2.31. The molecule has 1 unspecified atom stereocenters. The minimum atomic E-state index is 0.268. The quantitative estimate of drug-likeness (QED) is 0.836. The predicted octanol–water partition coefficient (Wildman–Crippen LogP) is 2.70. The molecule has 0 spiro atoms. The van der Waals surface area contributed by atoms with Gasteiger partial charge >= 0.3 is 0 Å². The van der Waals surface area contributed by atoms with E-state index in [1.807, 2.05) is 13.0 Å². The number of benzene rings is 1. The Morgan fingerprint density at radius 1 is 1.40 bits per heavy atom. The Morgan fingerprint density at radius 2 is 2.20 bits per heavy atom. The van der Waals surface area contributed by atoms with Crippen LogP contribution in [-0.4, -0.2) is 19.2 Å². The van der Waals surface area contributed by atoms with Gasteiger partial charge in [0.05, 0.1) is 5.02 Å². The van der Waals surface area contributed by atoms with Crippen LogP contribution in [0.3, 0.4) is 0 Å². The van der Waals surface area contributed by atoms with Gasteiger partial charge in [-0.2, -0.15) is 0 Å². The molecule has 1 aromatic carbocycles. The molecule has 15 heavy (non-hydrogen) atoms. The van der Waals surface area contributed by atoms with E-state index in [9.17, 15) is 0 Å². The zero-order chi connectivity index (χ0) is 10.8. The molecule has 0 bridgehead atoms. The van der Waals surface area contributed by atoms with E-state index in [-0.39, 0.29) is 6.10 Å². The van der Waals surface area contributed by atoms with E-state index in [1.54, 1.807) is 0 Å². The standard InChI is InChI=1S/C12H16ClNO/c1-8-3-4-11(12(13)9(8)2)15-10-5-6-14-7-10/h3-4,10,14H,5-7H2,1-2H3. The monoisotopic (exact) mass is 225 g/mol. The molecule has 3 heteroatoms. The van der Waals surface area contributed by atoms with Crippen molar-refractivity contribution in [3.8, 4) is 5.75 Å². The molecule has 2 rings (SSSR count). The summed E-state index contributed by atoms with van der Waals surface area (Å²) < 4.78 is 5.85. The summed E-state index contributed by atoms with van der Waals surface area (Å²) in [7, 11) is 0. The van der Waals surface area contributed by atoms with Crippen molar-refractivity contribution >= 4 is 11.6 Å². The lowest BCUT2D eigenvalue weighted by molar-refractivity contribution is 0.223. The van der Waals surface area contributed by atoms with Crippen LogP contribution >= 0.6 is 11.6 Å². The van der Waals surface area contributed by atoms with Crippen molar-refractivity contribution in [2.75, 3.05) is 13.1 Å². The van der Waals surface area contributed by atoms with Crippen LogP contribution < -0.4 is 10.1 Å². The van der Waals surface area contributed by atoms with Crippen molar-refractivity contribution in [1.82, 2.24) is 5.32 Å². The molecule has 1 aliphatic heterocycles. The molecule has 1 heterocycles. The zero-order valence-corrected chi connectivity index (χ0v) is 9.90. The van der Waals surface area contributed by atoms with Gasteiger partial charge in [0, 0.05) is 6.54 Å². The fourth-order valence-corrected chi connectivity index (χ4v) is 2.01. The van der Waals surface area contributed by atoms with Crippen molar-refractivity contribution in [1.29, 1.82) is 0 Å². The molecule has 0 saturated carbocycles. The second-order valence-corrected chi connectivity index (χ2v) is 4.43. The molecule has 1 fully saturated rings. The minimum Gasteiger partial charge on any atom is -0.487 e. The second kappa shape index (κ2) is 4.42. The van der Waals surface area contributed by atoms with Crippen LogP contribution in [0.25, 0.3) is 0 Å². The molecule has 1 aliphatic rings. The molecule has 0 amide bonds. The largest absolute Gasteiger partial charge is 0.487 e. The van der Waals surface area contributed by atoms with Crippen molar-refractivity contribution in [2.45, 2.75) is 26.4 Å². The normalized spacial score (nSPS) is 20.6. The maximum atomic E-state index is 6.23. The number of rotatable bonds is 2. The summed E-state index contributed by atoms with van der Waals surface area (Å²) in [6.45, 7) is 6.04. The van der Waals surface area contributed by atoms with Crippen molar-refractivity contribution < 1.29 is 4.74 Å². The summed E-state index contributed by atoms with van der Waals surface area (Å²) in [6.07, 6.45) is 1.33. The van der Waals surface area contributed by atoms with Gasteiger partial charge in [-0.1, -0.05) is 17.7 Å². The molecule has 82 valence electrons. The molecule has 1 atom stereocenters. The molecule has 0 aromatic heterocycles. The average Bonchev–Trinajstić information content (AvgIpc) is 2.72. The van der Waals surface area contributed by atoms with Crippen LogP contribution in [0.4, 0.5) is 0 Å². The lowest BCUT2D eigenvalue weighted by Crippen LogP contribution is -2.19. The summed E-state index contributed by atoms with van der Waals surface area (Å²) in [5.74, 6) is 0.813. The highest BCUT2D eigenvalue weighted by molar-refractivity contribution is 6.32. The Labute approximate surface area is 95.6 Å². The van der Waals surface area contributed by atoms with Gasteiger partial charge in [-0.05, 0) is 44.0 Å². The van der Waals surface area contributed by atoms with Crippen molar-refractivity contribution in [3.05, 3.63) is 28.3 Å². The van der Waals surface area contributed by atoms with Gasteiger partial charge in [-0.15, -0.1) is 0 Å². The van der Waals surface area contributed by atoms with E-state index in [0.717, 1.165) is 35.8 Å². The maximum Gasteiger partial charge on any atom is 0.138 e. The Bertz CT molecular complexity index is 359. The second-order valence-electron chi connectivity index (χ2n) is 4.05. The third-order valence-corrected chi connectivity index (χ3v) is 3.40. The van der Waals surface area contributed by atoms with Gasteiger partial charge in [-0.3, -0.25) is 0 Å². The highest BCUT2D eigenvalue weighted by atomic mass is 35.5. The van der Waals surface area contributed by atoms with Crippen LogP contribution in [-0.2, 0) is 0 Å². The summed E-state index contributed by atoms with van der Waals surface area (Å²) in [4.78, 5) is 0. The van der Waals surface area contributed by atoms with Crippen molar-refractivity contribution in [3.63, 3.8) is 0 Å². The average molecular weight is 226 g/mol. The highest BCUT2D eigenvalue weighted by Gasteiger charge is 2.17. The molecule has 1 aromatic rings. The maximum absolute atomic E-state index is 6.23. The van der Waals surface area contributed by atoms with Crippen LogP contribution in [0.2, 0.25) is 5.02 Å². The molecule has 1 saturated heterocycles. The third-order valence-electron chi connectivity index (χ3n) is 2.93. The Kier molecular flexibility index (Phi) is 3.17. The Balaban J connectivity index is 2.17. The third kappa shape index (κ3) is 2.27. The van der Waals surface area contributed by atoms with Crippen LogP contribution in [0.5, 0.6) is 5.75 Å². The van der Waals surface area contributed by atoms with Crippen molar-refractivity contribution in [2.24, 2.45) is 0 Å². The molecular formula is C12H16ClNO. The van der Waals surface area contributed by atoms with E-state index >= 15 is 0 Å². The number of aryl methyl sites for hydroxylation is 1. The van der Waals surface area contributed by atoms with E-state index in [4.69, 9.17) is 16.3 Å². The number of hydrogen-bond acceptors (Lipinski definition) is 2. The zero-order valence-electron chi connectivity index (χ0n) is 9.14. The first kappa shape index (κ1) is 10.8. The predicted molar refractivity (Wildman–Crippen MR) is 62.8 cm³/mol. The number of halogens is 1. The fourth-order valence-electron chi connectivity index (χ4n) is 1.76. The van der Waals surface area contributed by atoms with Gasteiger partial charge < -0.3 is 10.1 Å². The smallest absolute Gasteiger partial charge is 0.138 e. The number of hydrogen-bond donors (Lipinski definition) is 1. The first-order valence-corrected chi connectivity index (χ1v) is 5.69. The molecular weight excluding hydrogens is 210 g/mol. The van der Waals surface area contributed by atoms with Gasteiger partial charge in [0.1, 0.15) is 11.9 Å². The van der Waals surface area contributed by atoms with Crippen LogP contribution in [0, 0.1) is 13.8 Å². The minimum absolute atomic E-state index is 0.268. The SMILES string of the molecule is Cc1ccc(OC2CCNC2)c(Cl)c1C. The first-order valence-electron chi connectivity index (χ1n) is 5.31. The first-order chi connectivity index (χ1) is 7.18. The molecule has 0 aliphatic carbocycles. The molecule has 0 radical (unpaired) electrons. The Hall–Kier alpha value is -0.730. The molecule has 1 N–H and O–H groups in total. The Morgan fingerprint density at radius 3 is 2.87 bits per heavy atom. The van der Waals surface area contributed by atoms with E-state index in [1.165, 1.54) is 5.56 Å². The van der Waals surface area contributed by atoms with Gasteiger partial charge in [0.2, 0.25) is 0 Å². The number of nitrogens with one attached hydrogen (secondary N) is 1. The van der Waals surface area contributed by atoms with Gasteiger partial charge in [0.25, 0.3) is 0 Å². The van der Waals surface area contributed by atoms with Gasteiger partial charge in [-0.25, -0.2) is 0 Å². The summed E-state index contributed by atoms with van der Waals surface area (Å²) in [5.41, 5.74) is 2.32. The van der Waals surface area contributed by atoms with E-state index in [0.29, 0.717) is 0 Å². The fraction of sp³-hybridized carbons (Fsp3) is 0.500. The lowest BCUT2D eigenvalue weighted by Gasteiger charge is -2.15. The summed E-state index contributed by atoms with van der Waals surface area (Å²) >= 11 is 6.23.